The van der Waals surface area contributed by atoms with Gasteiger partial charge in [0.25, 0.3) is 5.91 Å². The maximum atomic E-state index is 13.6. The standard InChI is InChI=1S/C26H24F3N5O/c1-17-4-5-19(12-22(17)23-14-31-24-15-30-6-9-34(23)24)25(35)32-21-11-18(16-33-7-2-3-8-33)10-20(13-21)26(27,28)29/h4-6,9-15H,2-3,7-8,16H2,1H3,(H,32,35). The molecule has 0 unspecified atom stereocenters. The third kappa shape index (κ3) is 4.90. The molecule has 3 heterocycles. The summed E-state index contributed by atoms with van der Waals surface area (Å²) < 4.78 is 42.6. The smallest absolute Gasteiger partial charge is 0.322 e. The molecule has 4 aromatic rings. The van der Waals surface area contributed by atoms with Crippen LogP contribution in [0.3, 0.4) is 0 Å². The highest BCUT2D eigenvalue weighted by Gasteiger charge is 2.31. The molecule has 1 saturated heterocycles. The monoisotopic (exact) mass is 479 g/mol. The van der Waals surface area contributed by atoms with Gasteiger partial charge in [-0.2, -0.15) is 13.2 Å². The van der Waals surface area contributed by atoms with Crippen molar-refractivity contribution in [2.45, 2.75) is 32.5 Å². The van der Waals surface area contributed by atoms with Crippen LogP contribution in [0.4, 0.5) is 18.9 Å². The maximum Gasteiger partial charge on any atom is 0.416 e. The number of benzene rings is 2. The van der Waals surface area contributed by atoms with E-state index in [-0.39, 0.29) is 5.69 Å². The highest BCUT2D eigenvalue weighted by molar-refractivity contribution is 6.05. The Balaban J connectivity index is 1.45. The van der Waals surface area contributed by atoms with Gasteiger partial charge in [0.05, 0.1) is 23.7 Å². The molecular formula is C26H24F3N5O. The zero-order chi connectivity index (χ0) is 24.6. The summed E-state index contributed by atoms with van der Waals surface area (Å²) in [5, 5.41) is 2.68. The van der Waals surface area contributed by atoms with Crippen LogP contribution in [0, 0.1) is 6.92 Å². The van der Waals surface area contributed by atoms with E-state index in [0.29, 0.717) is 23.3 Å². The number of hydrogen-bond donors (Lipinski definition) is 1. The van der Waals surface area contributed by atoms with Crippen molar-refractivity contribution in [1.29, 1.82) is 0 Å². The molecule has 0 bridgehead atoms. The minimum Gasteiger partial charge on any atom is -0.322 e. The Morgan fingerprint density at radius 3 is 2.66 bits per heavy atom. The zero-order valence-corrected chi connectivity index (χ0v) is 19.1. The van der Waals surface area contributed by atoms with E-state index in [0.717, 1.165) is 54.9 Å². The number of carbonyl (C=O) groups excluding carboxylic acids is 1. The van der Waals surface area contributed by atoms with E-state index >= 15 is 0 Å². The Labute approximate surface area is 200 Å². The molecule has 0 saturated carbocycles. The van der Waals surface area contributed by atoms with Crippen LogP contribution < -0.4 is 5.32 Å². The molecule has 1 aliphatic rings. The molecule has 1 N–H and O–H groups in total. The molecule has 1 fully saturated rings. The van der Waals surface area contributed by atoms with Crippen LogP contribution in [-0.2, 0) is 12.7 Å². The van der Waals surface area contributed by atoms with Gasteiger partial charge in [-0.05, 0) is 74.3 Å². The van der Waals surface area contributed by atoms with E-state index in [2.05, 4.69) is 20.2 Å². The number of nitrogens with zero attached hydrogens (tertiary/aromatic N) is 4. The molecule has 35 heavy (non-hydrogen) atoms. The second-order valence-corrected chi connectivity index (χ2v) is 8.83. The number of aryl methyl sites for hydroxylation is 1. The lowest BCUT2D eigenvalue weighted by Gasteiger charge is -2.18. The van der Waals surface area contributed by atoms with Crippen molar-refractivity contribution in [1.82, 2.24) is 19.3 Å². The van der Waals surface area contributed by atoms with Crippen molar-refractivity contribution < 1.29 is 18.0 Å². The number of nitrogens with one attached hydrogen (secondary N) is 1. The lowest BCUT2D eigenvalue weighted by molar-refractivity contribution is -0.137. The molecule has 2 aromatic carbocycles. The summed E-state index contributed by atoms with van der Waals surface area (Å²) in [6.07, 6.45) is 4.37. The van der Waals surface area contributed by atoms with E-state index in [1.807, 2.05) is 17.4 Å². The quantitative estimate of drug-likeness (QED) is 0.407. The van der Waals surface area contributed by atoms with Crippen LogP contribution in [0.1, 0.15) is 39.9 Å². The minimum atomic E-state index is -4.50. The summed E-state index contributed by atoms with van der Waals surface area (Å²) in [5.74, 6) is -0.479. The summed E-state index contributed by atoms with van der Waals surface area (Å²) in [5.41, 5.74) is 3.43. The molecule has 5 rings (SSSR count). The number of rotatable bonds is 5. The first-order valence-electron chi connectivity index (χ1n) is 11.4. The summed E-state index contributed by atoms with van der Waals surface area (Å²) >= 11 is 0. The number of fused-ring (bicyclic) bond motifs is 1. The molecule has 0 radical (unpaired) electrons. The number of imidazole rings is 1. The number of halogens is 3. The Morgan fingerprint density at radius 2 is 1.89 bits per heavy atom. The highest BCUT2D eigenvalue weighted by Crippen LogP contribution is 2.33. The molecule has 1 amide bonds. The summed E-state index contributed by atoms with van der Waals surface area (Å²) in [7, 11) is 0. The molecular weight excluding hydrogens is 455 g/mol. The van der Waals surface area contributed by atoms with Crippen molar-refractivity contribution >= 4 is 17.2 Å². The van der Waals surface area contributed by atoms with Crippen molar-refractivity contribution in [2.75, 3.05) is 18.4 Å². The topological polar surface area (TPSA) is 62.5 Å². The highest BCUT2D eigenvalue weighted by atomic mass is 19.4. The van der Waals surface area contributed by atoms with Crippen LogP contribution in [0.25, 0.3) is 16.9 Å². The molecule has 0 aliphatic carbocycles. The normalized spacial score (nSPS) is 14.5. The summed E-state index contributed by atoms with van der Waals surface area (Å²) in [6.45, 7) is 4.08. The lowest BCUT2D eigenvalue weighted by Crippen LogP contribution is -2.19. The van der Waals surface area contributed by atoms with E-state index < -0.39 is 17.6 Å². The van der Waals surface area contributed by atoms with Crippen LogP contribution >= 0.6 is 0 Å². The molecule has 1 aliphatic heterocycles. The van der Waals surface area contributed by atoms with Crippen molar-refractivity contribution in [3.8, 4) is 11.3 Å². The first-order valence-corrected chi connectivity index (χ1v) is 11.4. The zero-order valence-electron chi connectivity index (χ0n) is 19.1. The number of aromatic nitrogens is 3. The van der Waals surface area contributed by atoms with Gasteiger partial charge in [-0.15, -0.1) is 0 Å². The van der Waals surface area contributed by atoms with Crippen molar-refractivity contribution in [3.05, 3.63) is 83.4 Å². The largest absolute Gasteiger partial charge is 0.416 e. The van der Waals surface area contributed by atoms with Gasteiger partial charge < -0.3 is 5.32 Å². The number of hydrogen-bond acceptors (Lipinski definition) is 4. The van der Waals surface area contributed by atoms with Gasteiger partial charge in [0, 0.05) is 35.8 Å². The predicted molar refractivity (Wildman–Crippen MR) is 127 cm³/mol. The van der Waals surface area contributed by atoms with Crippen LogP contribution in [0.15, 0.2) is 61.2 Å². The molecule has 6 nitrogen and oxygen atoms in total. The minimum absolute atomic E-state index is 0.127. The third-order valence-electron chi connectivity index (χ3n) is 6.28. The van der Waals surface area contributed by atoms with Crippen molar-refractivity contribution in [2.24, 2.45) is 0 Å². The molecule has 180 valence electrons. The van der Waals surface area contributed by atoms with Gasteiger partial charge >= 0.3 is 6.18 Å². The molecule has 9 heteroatoms. The fourth-order valence-electron chi connectivity index (χ4n) is 4.50. The Kier molecular flexibility index (Phi) is 6.02. The number of likely N-dealkylation sites (tertiary alicyclic amines) is 1. The van der Waals surface area contributed by atoms with Gasteiger partial charge in [0.1, 0.15) is 0 Å². The number of amides is 1. The van der Waals surface area contributed by atoms with Crippen molar-refractivity contribution in [3.63, 3.8) is 0 Å². The molecule has 0 spiro atoms. The van der Waals surface area contributed by atoms with Gasteiger partial charge in [0.15, 0.2) is 5.65 Å². The van der Waals surface area contributed by atoms with E-state index in [9.17, 15) is 18.0 Å². The average Bonchev–Trinajstić information content (AvgIpc) is 3.48. The van der Waals surface area contributed by atoms with E-state index in [4.69, 9.17) is 0 Å². The summed E-state index contributed by atoms with van der Waals surface area (Å²) in [4.78, 5) is 23.6. The van der Waals surface area contributed by atoms with Gasteiger partial charge in [-0.3, -0.25) is 19.1 Å². The van der Waals surface area contributed by atoms with Gasteiger partial charge in [-0.1, -0.05) is 6.07 Å². The third-order valence-corrected chi connectivity index (χ3v) is 6.28. The maximum absolute atomic E-state index is 13.6. The fourth-order valence-corrected chi connectivity index (χ4v) is 4.50. The Morgan fingerprint density at radius 1 is 1.09 bits per heavy atom. The van der Waals surface area contributed by atoms with E-state index in [1.54, 1.807) is 43.0 Å². The molecule has 2 aromatic heterocycles. The first kappa shape index (κ1) is 23.0. The number of alkyl halides is 3. The SMILES string of the molecule is Cc1ccc(C(=O)Nc2cc(CN3CCCC3)cc(C(F)(F)F)c2)cc1-c1cnc2cnccn12. The number of anilines is 1. The second kappa shape index (κ2) is 9.14. The van der Waals surface area contributed by atoms with Gasteiger partial charge in [0.2, 0.25) is 0 Å². The average molecular weight is 480 g/mol. The fraction of sp³-hybridized carbons (Fsp3) is 0.269. The summed E-state index contributed by atoms with van der Waals surface area (Å²) in [6, 6.07) is 8.98. The van der Waals surface area contributed by atoms with Crippen LogP contribution in [-0.4, -0.2) is 38.3 Å². The van der Waals surface area contributed by atoms with Crippen LogP contribution in [0.2, 0.25) is 0 Å². The number of carbonyl (C=O) groups is 1. The van der Waals surface area contributed by atoms with E-state index in [1.165, 1.54) is 0 Å². The Hall–Kier alpha value is -3.72. The van der Waals surface area contributed by atoms with Gasteiger partial charge in [-0.25, -0.2) is 4.98 Å². The second-order valence-electron chi connectivity index (χ2n) is 8.83. The van der Waals surface area contributed by atoms with Crippen LogP contribution in [0.5, 0.6) is 0 Å². The Bertz CT molecular complexity index is 1390. The first-order chi connectivity index (χ1) is 16.8. The predicted octanol–water partition coefficient (Wildman–Crippen LogP) is 5.57. The molecule has 0 atom stereocenters. The lowest BCUT2D eigenvalue weighted by atomic mass is 10.0.